The number of carbonyl (C=O) groups excluding carboxylic acids is 4. The van der Waals surface area contributed by atoms with Crippen molar-refractivity contribution < 1.29 is 38.1 Å². The molecule has 5 heterocycles. The zero-order valence-electron chi connectivity index (χ0n) is 35.7. The average Bonchev–Trinajstić information content (AvgIpc) is 3.84. The molecule has 0 saturated carbocycles. The standard InChI is InChI=1S/C22H31N3O3.C16H29NO4.C6H6N2O.CH4/c1-22(2,3)28-21(26)25-14-12-19(16-25)27-15-6-4-5-9-18-11-10-17-8-7-13-23-20(17)24-18;1-13(18)8-6-5-7-11-20-14-9-10-17(12-14)15(19)21-16(2,3)4;7-6-5(4-9)2-1-3-8-6;/h7-8,10-11,13,19H,4-6,9,12,14-16H2,1-3H3;14H,5-12H2,1-4H3;1-4H,(H2,7,8);1H4/t19-;14-;;/m11../s1. The van der Waals surface area contributed by atoms with Crippen molar-refractivity contribution in [2.45, 2.75) is 144 Å². The number of carbonyl (C=O) groups is 4. The molecule has 2 aliphatic heterocycles. The summed E-state index contributed by atoms with van der Waals surface area (Å²) in [5.41, 5.74) is 6.74. The SMILES string of the molecule is C.CC(=O)CCCCCO[C@@H]1CCN(C(=O)OC(C)(C)C)C1.CC(C)(C)OC(=O)N1CC[C@@H](OCCCCCc2ccc3cccnc3n2)C1.Nc1ncccc1C=O. The van der Waals surface area contributed by atoms with Crippen LogP contribution in [0.3, 0.4) is 0 Å². The van der Waals surface area contributed by atoms with Gasteiger partial charge in [-0.2, -0.15) is 0 Å². The molecule has 0 bridgehead atoms. The van der Waals surface area contributed by atoms with E-state index in [-0.39, 0.29) is 43.4 Å². The van der Waals surface area contributed by atoms with Gasteiger partial charge < -0.3 is 39.3 Å². The highest BCUT2D eigenvalue weighted by molar-refractivity contribution is 5.81. The minimum absolute atomic E-state index is 0. The molecule has 0 aromatic carbocycles. The number of anilines is 1. The first-order valence-electron chi connectivity index (χ1n) is 20.6. The van der Waals surface area contributed by atoms with E-state index in [9.17, 15) is 19.2 Å². The lowest BCUT2D eigenvalue weighted by Gasteiger charge is -2.24. The maximum atomic E-state index is 12.1. The molecule has 328 valence electrons. The van der Waals surface area contributed by atoms with Gasteiger partial charge in [-0.25, -0.2) is 24.5 Å². The van der Waals surface area contributed by atoms with Crippen LogP contribution in [0.1, 0.15) is 130 Å². The fourth-order valence-corrected chi connectivity index (χ4v) is 6.11. The summed E-state index contributed by atoms with van der Waals surface area (Å²) in [4.78, 5) is 61.0. The van der Waals surface area contributed by atoms with Crippen molar-refractivity contribution in [1.82, 2.24) is 24.8 Å². The van der Waals surface area contributed by atoms with Crippen LogP contribution in [0, 0.1) is 0 Å². The number of pyridine rings is 3. The van der Waals surface area contributed by atoms with E-state index in [1.54, 1.807) is 41.2 Å². The van der Waals surface area contributed by atoms with Crippen LogP contribution in [0.4, 0.5) is 15.4 Å². The van der Waals surface area contributed by atoms with Gasteiger partial charge in [-0.3, -0.25) is 4.79 Å². The van der Waals surface area contributed by atoms with Crippen molar-refractivity contribution >= 4 is 41.1 Å². The lowest BCUT2D eigenvalue weighted by Crippen LogP contribution is -2.36. The number of fused-ring (bicyclic) bond motifs is 1. The number of ether oxygens (including phenoxy) is 4. The monoisotopic (exact) mass is 823 g/mol. The zero-order valence-corrected chi connectivity index (χ0v) is 35.7. The summed E-state index contributed by atoms with van der Waals surface area (Å²) in [5, 5.41) is 1.08. The Balaban J connectivity index is 0.000000340. The van der Waals surface area contributed by atoms with Crippen molar-refractivity contribution in [3.05, 3.63) is 60.0 Å². The predicted octanol–water partition coefficient (Wildman–Crippen LogP) is 8.64. The van der Waals surface area contributed by atoms with Gasteiger partial charge in [-0.05, 0) is 130 Å². The van der Waals surface area contributed by atoms with Gasteiger partial charge in [0.15, 0.2) is 11.9 Å². The maximum absolute atomic E-state index is 12.1. The van der Waals surface area contributed by atoms with Crippen molar-refractivity contribution in [2.75, 3.05) is 45.1 Å². The molecule has 5 rings (SSSR count). The summed E-state index contributed by atoms with van der Waals surface area (Å²) < 4.78 is 22.5. The number of rotatable bonds is 15. The van der Waals surface area contributed by atoms with E-state index >= 15 is 0 Å². The Kier molecular flexibility index (Phi) is 22.0. The Labute approximate surface area is 351 Å². The Morgan fingerprint density at radius 2 is 1.31 bits per heavy atom. The number of unbranched alkanes of at least 4 members (excludes halogenated alkanes) is 4. The molecule has 0 spiro atoms. The molecule has 2 amide bonds. The number of aryl methyl sites for hydroxylation is 1. The molecular formula is C45H70N6O8. The summed E-state index contributed by atoms with van der Waals surface area (Å²) >= 11 is 0. The van der Waals surface area contributed by atoms with Crippen LogP contribution in [0.2, 0.25) is 0 Å². The predicted molar refractivity (Wildman–Crippen MR) is 231 cm³/mol. The van der Waals surface area contributed by atoms with Gasteiger partial charge >= 0.3 is 12.2 Å². The Bertz CT molecular complexity index is 1730. The number of aldehydes is 1. The highest BCUT2D eigenvalue weighted by Gasteiger charge is 2.31. The Hall–Kier alpha value is -4.69. The molecule has 3 aromatic heterocycles. The maximum Gasteiger partial charge on any atom is 0.410 e. The molecule has 2 fully saturated rings. The number of hydrogen-bond acceptors (Lipinski definition) is 12. The van der Waals surface area contributed by atoms with E-state index in [4.69, 9.17) is 24.7 Å². The smallest absolute Gasteiger partial charge is 0.410 e. The largest absolute Gasteiger partial charge is 0.444 e. The molecule has 2 saturated heterocycles. The first-order chi connectivity index (χ1) is 27.5. The van der Waals surface area contributed by atoms with Crippen LogP contribution in [0.15, 0.2) is 48.8 Å². The number of likely N-dealkylation sites (tertiary alicyclic amines) is 2. The van der Waals surface area contributed by atoms with E-state index in [2.05, 4.69) is 27.1 Å². The minimum atomic E-state index is -0.452. The van der Waals surface area contributed by atoms with E-state index in [0.29, 0.717) is 51.1 Å². The van der Waals surface area contributed by atoms with Gasteiger partial charge in [0.25, 0.3) is 0 Å². The lowest BCUT2D eigenvalue weighted by molar-refractivity contribution is -0.117. The zero-order chi connectivity index (χ0) is 42.6. The van der Waals surface area contributed by atoms with Gasteiger partial charge in [0.05, 0.1) is 30.9 Å². The highest BCUT2D eigenvalue weighted by atomic mass is 16.6. The van der Waals surface area contributed by atoms with Gasteiger partial charge in [0.2, 0.25) is 0 Å². The Morgan fingerprint density at radius 3 is 1.81 bits per heavy atom. The van der Waals surface area contributed by atoms with Crippen LogP contribution in [-0.4, -0.2) is 112 Å². The fourth-order valence-electron chi connectivity index (χ4n) is 6.11. The van der Waals surface area contributed by atoms with Gasteiger partial charge in [0.1, 0.15) is 22.8 Å². The Morgan fingerprint density at radius 1 is 0.763 bits per heavy atom. The molecule has 2 N–H and O–H groups in total. The van der Waals surface area contributed by atoms with Crippen LogP contribution in [0.5, 0.6) is 0 Å². The summed E-state index contributed by atoms with van der Waals surface area (Å²) in [5.74, 6) is 0.534. The topological polar surface area (TPSA) is 176 Å². The number of aromatic nitrogens is 3. The molecule has 14 nitrogen and oxygen atoms in total. The molecular weight excluding hydrogens is 753 g/mol. The molecule has 2 aliphatic rings. The number of hydrogen-bond donors (Lipinski definition) is 1. The molecule has 0 unspecified atom stereocenters. The highest BCUT2D eigenvalue weighted by Crippen LogP contribution is 2.19. The van der Waals surface area contributed by atoms with Crippen LogP contribution in [0.25, 0.3) is 11.0 Å². The van der Waals surface area contributed by atoms with Crippen molar-refractivity contribution in [1.29, 1.82) is 0 Å². The molecule has 0 aliphatic carbocycles. The van der Waals surface area contributed by atoms with E-state index in [1.165, 1.54) is 0 Å². The minimum Gasteiger partial charge on any atom is -0.444 e. The first-order valence-corrected chi connectivity index (χ1v) is 20.6. The number of nitrogens with zero attached hydrogens (tertiary/aromatic N) is 5. The van der Waals surface area contributed by atoms with Gasteiger partial charge in [0, 0.05) is 56.2 Å². The van der Waals surface area contributed by atoms with Crippen LogP contribution in [-0.2, 0) is 30.2 Å². The summed E-state index contributed by atoms with van der Waals surface area (Å²) in [6.45, 7) is 17.0. The fraction of sp³-hybridized carbons (Fsp3) is 0.622. The van der Waals surface area contributed by atoms with Crippen molar-refractivity contribution in [3.63, 3.8) is 0 Å². The molecule has 2 atom stereocenters. The van der Waals surface area contributed by atoms with Crippen molar-refractivity contribution in [2.24, 2.45) is 0 Å². The average molecular weight is 823 g/mol. The van der Waals surface area contributed by atoms with Gasteiger partial charge in [-0.15, -0.1) is 0 Å². The number of amides is 2. The van der Waals surface area contributed by atoms with E-state index < -0.39 is 11.2 Å². The quantitative estimate of drug-likeness (QED) is 0.114. The van der Waals surface area contributed by atoms with Gasteiger partial charge in [-0.1, -0.05) is 20.3 Å². The second-order valence-corrected chi connectivity index (χ2v) is 16.7. The summed E-state index contributed by atoms with van der Waals surface area (Å²) in [6.07, 6.45) is 13.3. The molecule has 0 radical (unpaired) electrons. The van der Waals surface area contributed by atoms with Crippen LogP contribution < -0.4 is 5.73 Å². The number of nitrogen functional groups attached to an aromatic ring is 1. The van der Waals surface area contributed by atoms with E-state index in [0.717, 1.165) is 81.1 Å². The second-order valence-electron chi connectivity index (χ2n) is 16.7. The molecule has 59 heavy (non-hydrogen) atoms. The summed E-state index contributed by atoms with van der Waals surface area (Å²) in [6, 6.07) is 11.4. The molecule has 3 aromatic rings. The lowest BCUT2D eigenvalue weighted by atomic mass is 10.1. The normalized spacial score (nSPS) is 16.3. The van der Waals surface area contributed by atoms with E-state index in [1.807, 2.05) is 53.7 Å². The number of nitrogens with two attached hydrogens (primary N) is 1. The number of Topliss-reactive ketones (excluding diaryl/α,β-unsaturated/α-hetero) is 1. The molecule has 14 heteroatoms. The second kappa shape index (κ2) is 25.7. The summed E-state index contributed by atoms with van der Waals surface area (Å²) in [7, 11) is 0. The third kappa shape index (κ3) is 20.7. The third-order valence-corrected chi connectivity index (χ3v) is 9.07. The van der Waals surface area contributed by atoms with Crippen LogP contribution >= 0.6 is 0 Å². The number of ketones is 1. The first kappa shape index (κ1) is 50.5. The third-order valence-electron chi connectivity index (χ3n) is 9.07. The van der Waals surface area contributed by atoms with Crippen molar-refractivity contribution in [3.8, 4) is 0 Å².